The van der Waals surface area contributed by atoms with E-state index in [9.17, 15) is 19.5 Å². The maximum atomic E-state index is 14.2. The number of hydrogen-bond acceptors (Lipinski definition) is 6. The van der Waals surface area contributed by atoms with E-state index >= 15 is 0 Å². The van der Waals surface area contributed by atoms with E-state index in [0.29, 0.717) is 24.2 Å². The quantitative estimate of drug-likeness (QED) is 0.419. The van der Waals surface area contributed by atoms with E-state index in [1.165, 1.54) is 4.90 Å². The highest BCUT2D eigenvalue weighted by molar-refractivity contribution is 6.05. The van der Waals surface area contributed by atoms with Crippen LogP contribution >= 0.6 is 0 Å². The van der Waals surface area contributed by atoms with Crippen molar-refractivity contribution in [2.75, 3.05) is 35.2 Å². The molecule has 3 fully saturated rings. The Morgan fingerprint density at radius 2 is 1.65 bits per heavy atom. The van der Waals surface area contributed by atoms with Gasteiger partial charge in [0.2, 0.25) is 17.7 Å². The molecule has 3 N–H and O–H groups in total. The number of ether oxygens (including phenoxy) is 1. The zero-order chi connectivity index (χ0) is 28.6. The van der Waals surface area contributed by atoms with Gasteiger partial charge in [-0.2, -0.15) is 0 Å². The SMILES string of the molecule is CCN(CC)c1ccc(NC(=O)C2N([C@@H](CO)C(C)C)C(=O)[C@@H]3[C@H](C(=O)Nc4ccccc4)[C@@H]4CCC23O4)cc1. The number of likely N-dealkylation sites (tertiary alicyclic amines) is 1. The smallest absolute Gasteiger partial charge is 0.250 e. The lowest BCUT2D eigenvalue weighted by Gasteiger charge is -2.38. The Labute approximate surface area is 235 Å². The first-order valence-corrected chi connectivity index (χ1v) is 14.4. The second-order valence-electron chi connectivity index (χ2n) is 11.4. The number of fused-ring (bicyclic) bond motifs is 1. The minimum absolute atomic E-state index is 0.110. The third kappa shape index (κ3) is 4.65. The lowest BCUT2D eigenvalue weighted by atomic mass is 9.70. The molecule has 0 radical (unpaired) electrons. The minimum atomic E-state index is -1.13. The van der Waals surface area contributed by atoms with Crippen LogP contribution in [0.2, 0.25) is 0 Å². The van der Waals surface area contributed by atoms with E-state index in [2.05, 4.69) is 29.4 Å². The zero-order valence-electron chi connectivity index (χ0n) is 23.7. The summed E-state index contributed by atoms with van der Waals surface area (Å²) in [6, 6.07) is 15.2. The summed E-state index contributed by atoms with van der Waals surface area (Å²) in [4.78, 5) is 45.5. The van der Waals surface area contributed by atoms with Gasteiger partial charge < -0.3 is 30.3 Å². The number of aliphatic hydroxyl groups excluding tert-OH is 1. The molecule has 214 valence electrons. The van der Waals surface area contributed by atoms with Gasteiger partial charge in [-0.1, -0.05) is 32.0 Å². The van der Waals surface area contributed by atoms with Crippen LogP contribution in [0.3, 0.4) is 0 Å². The van der Waals surface area contributed by atoms with E-state index in [1.54, 1.807) is 12.1 Å². The topological polar surface area (TPSA) is 111 Å². The normalized spacial score (nSPS) is 27.6. The van der Waals surface area contributed by atoms with Gasteiger partial charge in [0.05, 0.1) is 30.6 Å². The molecule has 3 saturated heterocycles. The van der Waals surface area contributed by atoms with Gasteiger partial charge in [-0.3, -0.25) is 14.4 Å². The third-order valence-electron chi connectivity index (χ3n) is 8.91. The number of para-hydroxylation sites is 1. The molecule has 1 spiro atoms. The fraction of sp³-hybridized carbons (Fsp3) is 0.516. The molecule has 6 atom stereocenters. The van der Waals surface area contributed by atoms with Crippen molar-refractivity contribution in [2.24, 2.45) is 17.8 Å². The Hall–Kier alpha value is -3.43. The number of benzene rings is 2. The predicted octanol–water partition coefficient (Wildman–Crippen LogP) is 3.50. The standard InChI is InChI=1S/C31H40N4O5/c1-5-34(6-2)22-14-12-21(13-15-22)33-29(38)27-31-17-16-24(40-31)25(28(37)32-20-10-8-7-9-11-20)26(31)30(39)35(27)23(18-36)19(3)4/h7-15,19,23-27,36H,5-6,16-18H2,1-4H3,(H,32,37)(H,33,38)/t23-,24-,25+,26-,27?,31?/m0/s1. The summed E-state index contributed by atoms with van der Waals surface area (Å²) < 4.78 is 6.51. The van der Waals surface area contributed by atoms with Gasteiger partial charge in [-0.15, -0.1) is 0 Å². The lowest BCUT2D eigenvalue weighted by molar-refractivity contribution is -0.144. The number of hydrogen-bond donors (Lipinski definition) is 3. The second-order valence-corrected chi connectivity index (χ2v) is 11.4. The molecule has 2 bridgehead atoms. The molecule has 40 heavy (non-hydrogen) atoms. The highest BCUT2D eigenvalue weighted by atomic mass is 16.5. The summed E-state index contributed by atoms with van der Waals surface area (Å²) in [6.45, 7) is 9.48. The first-order valence-electron chi connectivity index (χ1n) is 14.4. The number of rotatable bonds is 10. The molecule has 9 heteroatoms. The highest BCUT2D eigenvalue weighted by Gasteiger charge is 2.75. The Morgan fingerprint density at radius 1 is 1.02 bits per heavy atom. The van der Waals surface area contributed by atoms with Crippen molar-refractivity contribution in [3.8, 4) is 0 Å². The van der Waals surface area contributed by atoms with Crippen molar-refractivity contribution in [3.63, 3.8) is 0 Å². The van der Waals surface area contributed by atoms with Crippen LogP contribution in [0.5, 0.6) is 0 Å². The molecule has 9 nitrogen and oxygen atoms in total. The van der Waals surface area contributed by atoms with Crippen molar-refractivity contribution >= 4 is 34.8 Å². The molecule has 3 heterocycles. The average molecular weight is 549 g/mol. The van der Waals surface area contributed by atoms with Gasteiger partial charge in [0.25, 0.3) is 0 Å². The van der Waals surface area contributed by atoms with Crippen LogP contribution in [0.4, 0.5) is 17.1 Å². The highest BCUT2D eigenvalue weighted by Crippen LogP contribution is 2.59. The molecule has 0 saturated carbocycles. The van der Waals surface area contributed by atoms with E-state index in [0.717, 1.165) is 18.8 Å². The monoisotopic (exact) mass is 548 g/mol. The Bertz CT molecular complexity index is 1230. The van der Waals surface area contributed by atoms with Crippen molar-refractivity contribution in [1.29, 1.82) is 0 Å². The molecule has 5 rings (SSSR count). The number of anilines is 3. The summed E-state index contributed by atoms with van der Waals surface area (Å²) in [5, 5.41) is 16.3. The van der Waals surface area contributed by atoms with Gasteiger partial charge in [0, 0.05) is 30.2 Å². The Kier molecular flexibility index (Phi) is 7.88. The number of carbonyl (C=O) groups is 3. The zero-order valence-corrected chi connectivity index (χ0v) is 23.7. The van der Waals surface area contributed by atoms with E-state index in [-0.39, 0.29) is 30.2 Å². The van der Waals surface area contributed by atoms with Crippen LogP contribution in [0.1, 0.15) is 40.5 Å². The molecular weight excluding hydrogens is 508 g/mol. The molecule has 2 aromatic rings. The third-order valence-corrected chi connectivity index (χ3v) is 8.91. The summed E-state index contributed by atoms with van der Waals surface area (Å²) in [5.41, 5.74) is 1.19. The van der Waals surface area contributed by atoms with E-state index in [1.807, 2.05) is 56.3 Å². The minimum Gasteiger partial charge on any atom is -0.394 e. The van der Waals surface area contributed by atoms with E-state index in [4.69, 9.17) is 4.74 Å². The molecule has 2 aromatic carbocycles. The van der Waals surface area contributed by atoms with Crippen LogP contribution in [0.15, 0.2) is 54.6 Å². The van der Waals surface area contributed by atoms with Gasteiger partial charge in [0.1, 0.15) is 11.6 Å². The van der Waals surface area contributed by atoms with Crippen LogP contribution in [0.25, 0.3) is 0 Å². The fourth-order valence-corrected chi connectivity index (χ4v) is 6.97. The number of nitrogens with one attached hydrogen (secondary N) is 2. The van der Waals surface area contributed by atoms with Gasteiger partial charge >= 0.3 is 0 Å². The van der Waals surface area contributed by atoms with Crippen LogP contribution < -0.4 is 15.5 Å². The Morgan fingerprint density at radius 3 is 2.25 bits per heavy atom. The van der Waals surface area contributed by atoms with E-state index < -0.39 is 35.6 Å². The predicted molar refractivity (Wildman–Crippen MR) is 154 cm³/mol. The maximum Gasteiger partial charge on any atom is 0.250 e. The van der Waals surface area contributed by atoms with Crippen LogP contribution in [0, 0.1) is 17.8 Å². The fourth-order valence-electron chi connectivity index (χ4n) is 6.97. The molecule has 0 aliphatic carbocycles. The second kappa shape index (κ2) is 11.2. The largest absolute Gasteiger partial charge is 0.394 e. The molecule has 2 unspecified atom stereocenters. The Balaban J connectivity index is 1.46. The van der Waals surface area contributed by atoms with Gasteiger partial charge in [-0.25, -0.2) is 0 Å². The average Bonchev–Trinajstić information content (AvgIpc) is 3.59. The first kappa shape index (κ1) is 28.1. The first-order chi connectivity index (χ1) is 19.2. The number of aliphatic hydroxyl groups is 1. The molecule has 3 aliphatic rings. The number of carbonyl (C=O) groups excluding carboxylic acids is 3. The summed E-state index contributed by atoms with van der Waals surface area (Å²) >= 11 is 0. The molecule has 0 aromatic heterocycles. The lowest BCUT2D eigenvalue weighted by Crippen LogP contribution is -2.57. The number of nitrogens with zero attached hydrogens (tertiary/aromatic N) is 2. The van der Waals surface area contributed by atoms with Gasteiger partial charge in [0.15, 0.2) is 0 Å². The van der Waals surface area contributed by atoms with Gasteiger partial charge in [-0.05, 0) is 69.0 Å². The van der Waals surface area contributed by atoms with Crippen molar-refractivity contribution in [3.05, 3.63) is 54.6 Å². The van der Waals surface area contributed by atoms with Crippen LogP contribution in [-0.4, -0.2) is 71.2 Å². The molecular formula is C31H40N4O5. The molecule has 3 amide bonds. The summed E-state index contributed by atoms with van der Waals surface area (Å²) in [5.74, 6) is -2.59. The molecule has 3 aliphatic heterocycles. The van der Waals surface area contributed by atoms with Crippen molar-refractivity contribution < 1.29 is 24.2 Å². The van der Waals surface area contributed by atoms with Crippen molar-refractivity contribution in [2.45, 2.75) is 64.3 Å². The van der Waals surface area contributed by atoms with Crippen molar-refractivity contribution in [1.82, 2.24) is 4.90 Å². The van der Waals surface area contributed by atoms with Crippen LogP contribution in [-0.2, 0) is 19.1 Å². The summed E-state index contributed by atoms with van der Waals surface area (Å²) in [7, 11) is 0. The number of amides is 3. The summed E-state index contributed by atoms with van der Waals surface area (Å²) in [6.07, 6.45) is 0.628. The maximum absolute atomic E-state index is 14.2.